The van der Waals surface area contributed by atoms with Crippen LogP contribution in [0.15, 0.2) is 24.3 Å². The van der Waals surface area contributed by atoms with E-state index in [1.54, 1.807) is 6.07 Å². The molecule has 0 radical (unpaired) electrons. The SMILES string of the molecule is NC(=S)COc1cccc(OC(F)F)c1. The monoisotopic (exact) mass is 233 g/mol. The normalized spacial score (nSPS) is 10.1. The van der Waals surface area contributed by atoms with Crippen LogP contribution in [0.3, 0.4) is 0 Å². The maximum absolute atomic E-state index is 11.9. The van der Waals surface area contributed by atoms with Crippen LogP contribution in [0.25, 0.3) is 0 Å². The van der Waals surface area contributed by atoms with Gasteiger partial charge in [-0.3, -0.25) is 0 Å². The first-order valence-electron chi connectivity index (χ1n) is 4.04. The van der Waals surface area contributed by atoms with E-state index in [2.05, 4.69) is 17.0 Å². The lowest BCUT2D eigenvalue weighted by Crippen LogP contribution is -2.17. The summed E-state index contributed by atoms with van der Waals surface area (Å²) in [6.07, 6.45) is 0. The van der Waals surface area contributed by atoms with Crippen LogP contribution in [0.4, 0.5) is 8.78 Å². The standard InChI is InChI=1S/C9H9F2NO2S/c10-9(11)14-7-3-1-2-6(4-7)13-5-8(12)15/h1-4,9H,5H2,(H2,12,15). The van der Waals surface area contributed by atoms with Crippen LogP contribution in [-0.2, 0) is 0 Å². The van der Waals surface area contributed by atoms with E-state index in [9.17, 15) is 8.78 Å². The van der Waals surface area contributed by atoms with Crippen molar-refractivity contribution in [1.29, 1.82) is 0 Å². The molecule has 3 nitrogen and oxygen atoms in total. The molecule has 0 aliphatic carbocycles. The number of thiocarbonyl (C=S) groups is 1. The lowest BCUT2D eigenvalue weighted by Gasteiger charge is -2.07. The van der Waals surface area contributed by atoms with Crippen molar-refractivity contribution in [3.8, 4) is 11.5 Å². The molecule has 82 valence electrons. The van der Waals surface area contributed by atoms with Gasteiger partial charge in [0.15, 0.2) is 0 Å². The van der Waals surface area contributed by atoms with Gasteiger partial charge in [0.2, 0.25) is 0 Å². The number of hydrogen-bond donors (Lipinski definition) is 1. The zero-order chi connectivity index (χ0) is 11.3. The van der Waals surface area contributed by atoms with Gasteiger partial charge in [-0.25, -0.2) is 0 Å². The van der Waals surface area contributed by atoms with Crippen molar-refractivity contribution in [2.45, 2.75) is 6.61 Å². The summed E-state index contributed by atoms with van der Waals surface area (Å²) in [6.45, 7) is -2.79. The molecule has 0 bridgehead atoms. The number of ether oxygens (including phenoxy) is 2. The third-order valence-corrected chi connectivity index (χ3v) is 1.53. The first-order chi connectivity index (χ1) is 7.08. The van der Waals surface area contributed by atoms with Crippen LogP contribution in [0.5, 0.6) is 11.5 Å². The molecule has 15 heavy (non-hydrogen) atoms. The molecular formula is C9H9F2NO2S. The molecule has 0 aliphatic rings. The van der Waals surface area contributed by atoms with Gasteiger partial charge in [0.25, 0.3) is 0 Å². The molecule has 0 aromatic heterocycles. The van der Waals surface area contributed by atoms with E-state index in [0.29, 0.717) is 5.75 Å². The number of hydrogen-bond acceptors (Lipinski definition) is 3. The largest absolute Gasteiger partial charge is 0.486 e. The minimum absolute atomic E-state index is 0.0328. The molecule has 0 saturated carbocycles. The van der Waals surface area contributed by atoms with Gasteiger partial charge in [-0.2, -0.15) is 8.78 Å². The number of halogens is 2. The quantitative estimate of drug-likeness (QED) is 0.789. The van der Waals surface area contributed by atoms with E-state index >= 15 is 0 Å². The van der Waals surface area contributed by atoms with E-state index in [4.69, 9.17) is 10.5 Å². The van der Waals surface area contributed by atoms with Crippen LogP contribution in [0, 0.1) is 0 Å². The molecular weight excluding hydrogens is 224 g/mol. The van der Waals surface area contributed by atoms with Gasteiger partial charge < -0.3 is 15.2 Å². The Morgan fingerprint density at radius 3 is 2.67 bits per heavy atom. The first-order valence-corrected chi connectivity index (χ1v) is 4.45. The summed E-state index contributed by atoms with van der Waals surface area (Å²) in [4.78, 5) is 0.190. The Hall–Kier alpha value is -1.43. The Morgan fingerprint density at radius 2 is 2.07 bits per heavy atom. The third kappa shape index (κ3) is 4.55. The Balaban J connectivity index is 2.61. The van der Waals surface area contributed by atoms with Crippen molar-refractivity contribution >= 4 is 17.2 Å². The minimum Gasteiger partial charge on any atom is -0.486 e. The summed E-state index contributed by atoms with van der Waals surface area (Å²) < 4.78 is 33.0. The van der Waals surface area contributed by atoms with Gasteiger partial charge >= 0.3 is 6.61 Å². The van der Waals surface area contributed by atoms with Crippen LogP contribution < -0.4 is 15.2 Å². The van der Waals surface area contributed by atoms with Gasteiger partial charge in [-0.1, -0.05) is 18.3 Å². The lowest BCUT2D eigenvalue weighted by atomic mass is 10.3. The predicted molar refractivity (Wildman–Crippen MR) is 55.4 cm³/mol. The molecule has 0 spiro atoms. The molecule has 0 heterocycles. The van der Waals surface area contributed by atoms with Gasteiger partial charge in [-0.15, -0.1) is 0 Å². The smallest absolute Gasteiger partial charge is 0.387 e. The number of benzene rings is 1. The highest BCUT2D eigenvalue weighted by Gasteiger charge is 2.04. The molecule has 6 heteroatoms. The first kappa shape index (κ1) is 11.6. The van der Waals surface area contributed by atoms with Gasteiger partial charge in [0, 0.05) is 6.07 Å². The van der Waals surface area contributed by atoms with E-state index in [-0.39, 0.29) is 17.3 Å². The van der Waals surface area contributed by atoms with Crippen molar-refractivity contribution < 1.29 is 18.3 Å². The Bertz CT molecular complexity index is 347. The Morgan fingerprint density at radius 1 is 1.40 bits per heavy atom. The second-order valence-corrected chi connectivity index (χ2v) is 3.13. The predicted octanol–water partition coefficient (Wildman–Crippen LogP) is 1.95. The molecule has 0 unspecified atom stereocenters. The molecule has 2 N–H and O–H groups in total. The summed E-state index contributed by atoms with van der Waals surface area (Å²) in [5.74, 6) is 0.409. The van der Waals surface area contributed by atoms with Crippen LogP contribution in [0.1, 0.15) is 0 Å². The van der Waals surface area contributed by atoms with Crippen molar-refractivity contribution in [2.75, 3.05) is 6.61 Å². The van der Waals surface area contributed by atoms with Gasteiger partial charge in [0.1, 0.15) is 23.1 Å². The second-order valence-electron chi connectivity index (χ2n) is 2.61. The Kier molecular flexibility index (Phi) is 4.23. The molecule has 0 atom stereocenters. The average molecular weight is 233 g/mol. The highest BCUT2D eigenvalue weighted by molar-refractivity contribution is 7.80. The summed E-state index contributed by atoms with van der Waals surface area (Å²) >= 11 is 4.60. The van der Waals surface area contributed by atoms with Crippen molar-refractivity contribution in [3.05, 3.63) is 24.3 Å². The van der Waals surface area contributed by atoms with Gasteiger partial charge in [-0.05, 0) is 12.1 Å². The van der Waals surface area contributed by atoms with E-state index in [1.807, 2.05) is 0 Å². The summed E-state index contributed by atoms with van der Waals surface area (Å²) in [6, 6.07) is 5.87. The van der Waals surface area contributed by atoms with E-state index in [0.717, 1.165) is 0 Å². The highest BCUT2D eigenvalue weighted by atomic mass is 32.1. The summed E-state index contributed by atoms with van der Waals surface area (Å²) in [5, 5.41) is 0. The van der Waals surface area contributed by atoms with Crippen LogP contribution in [0.2, 0.25) is 0 Å². The average Bonchev–Trinajstić information content (AvgIpc) is 2.14. The van der Waals surface area contributed by atoms with E-state index in [1.165, 1.54) is 18.2 Å². The third-order valence-electron chi connectivity index (χ3n) is 1.41. The fraction of sp³-hybridized carbons (Fsp3) is 0.222. The number of alkyl halides is 2. The molecule has 0 amide bonds. The number of nitrogens with two attached hydrogens (primary N) is 1. The van der Waals surface area contributed by atoms with Crippen LogP contribution >= 0.6 is 12.2 Å². The zero-order valence-electron chi connectivity index (χ0n) is 7.65. The molecule has 1 aromatic rings. The Labute approximate surface area is 90.8 Å². The van der Waals surface area contributed by atoms with Gasteiger partial charge in [0.05, 0.1) is 0 Å². The fourth-order valence-corrected chi connectivity index (χ4v) is 0.954. The minimum atomic E-state index is -2.85. The maximum Gasteiger partial charge on any atom is 0.387 e. The van der Waals surface area contributed by atoms with E-state index < -0.39 is 6.61 Å². The summed E-state index contributed by atoms with van der Waals surface area (Å²) in [7, 11) is 0. The molecule has 0 aliphatic heterocycles. The molecule has 0 fully saturated rings. The summed E-state index contributed by atoms with van der Waals surface area (Å²) in [5.41, 5.74) is 5.21. The maximum atomic E-state index is 11.9. The van der Waals surface area contributed by atoms with Crippen LogP contribution in [-0.4, -0.2) is 18.2 Å². The zero-order valence-corrected chi connectivity index (χ0v) is 8.47. The van der Waals surface area contributed by atoms with Crippen molar-refractivity contribution in [1.82, 2.24) is 0 Å². The molecule has 0 saturated heterocycles. The fourth-order valence-electron chi connectivity index (χ4n) is 0.895. The van der Waals surface area contributed by atoms with Crippen molar-refractivity contribution in [2.24, 2.45) is 5.73 Å². The topological polar surface area (TPSA) is 44.5 Å². The molecule has 1 rings (SSSR count). The second kappa shape index (κ2) is 5.45. The molecule has 1 aromatic carbocycles. The lowest BCUT2D eigenvalue weighted by molar-refractivity contribution is -0.0499. The number of rotatable bonds is 5. The highest BCUT2D eigenvalue weighted by Crippen LogP contribution is 2.20. The van der Waals surface area contributed by atoms with Crippen molar-refractivity contribution in [3.63, 3.8) is 0 Å².